The van der Waals surface area contributed by atoms with E-state index in [1.165, 1.54) is 126 Å². The van der Waals surface area contributed by atoms with Crippen LogP contribution in [0.15, 0.2) is 95.4 Å². The quantitative estimate of drug-likeness (QED) is 0.161. The maximum Gasteiger partial charge on any atom is 0.252 e. The molecule has 0 atom stereocenters. The minimum absolute atomic E-state index is 0.00631. The van der Waals surface area contributed by atoms with Gasteiger partial charge in [-0.3, -0.25) is 0 Å². The van der Waals surface area contributed by atoms with Crippen LogP contribution in [0.25, 0.3) is 21.9 Å². The van der Waals surface area contributed by atoms with Gasteiger partial charge in [0.25, 0.3) is 6.71 Å². The number of rotatable bonds is 2. The van der Waals surface area contributed by atoms with Crippen LogP contribution in [0.3, 0.4) is 0 Å². The summed E-state index contributed by atoms with van der Waals surface area (Å²) in [4.78, 5) is 5.42. The molecule has 2 aliphatic heterocycles. The number of fused-ring (bicyclic) bond motifs is 10. The lowest BCUT2D eigenvalue weighted by Gasteiger charge is -2.49. The standard InChI is InChI=1S/C68H81BN2O/c1-61(2,3)40-33-55-59-56(34-40)71(52-26-25-44(62(4,5)6)58-42-21-19-20-22-57(42)72-60(52)58)54-39-49-47(66(13,14)30-32-68(49,17)18)37-51(54)69(59)50-36-46-48(67(15,16)31-29-65(46,11)12)38-53(50)70(55)41-23-24-43-45(35-41)64(9,10)28-27-63(43,7)8/h19-26,33-39H,27-32H2,1-18H3. The van der Waals surface area contributed by atoms with Gasteiger partial charge in [0.15, 0.2) is 5.58 Å². The topological polar surface area (TPSA) is 19.6 Å². The molecule has 6 aromatic carbocycles. The van der Waals surface area contributed by atoms with E-state index >= 15 is 0 Å². The second-order valence-electron chi connectivity index (χ2n) is 29.4. The van der Waals surface area contributed by atoms with Crippen LogP contribution in [-0.2, 0) is 43.3 Å². The summed E-state index contributed by atoms with van der Waals surface area (Å²) in [5.41, 5.74) is 25.4. The first-order valence-corrected chi connectivity index (χ1v) is 27.7. The van der Waals surface area contributed by atoms with Gasteiger partial charge in [0, 0.05) is 39.2 Å². The molecule has 12 rings (SSSR count). The summed E-state index contributed by atoms with van der Waals surface area (Å²) in [6, 6.07) is 37.1. The molecule has 3 heterocycles. The molecule has 4 heteroatoms. The van der Waals surface area contributed by atoms with Gasteiger partial charge in [-0.25, -0.2) is 0 Å². The van der Waals surface area contributed by atoms with Crippen molar-refractivity contribution in [3.8, 4) is 0 Å². The van der Waals surface area contributed by atoms with Gasteiger partial charge >= 0.3 is 0 Å². The van der Waals surface area contributed by atoms with E-state index in [0.29, 0.717) is 0 Å². The highest BCUT2D eigenvalue weighted by atomic mass is 16.3. The molecule has 0 amide bonds. The monoisotopic (exact) mass is 953 g/mol. The third-order valence-corrected chi connectivity index (χ3v) is 19.5. The smallest absolute Gasteiger partial charge is 0.252 e. The second kappa shape index (κ2) is 14.8. The van der Waals surface area contributed by atoms with Crippen LogP contribution >= 0.6 is 0 Å². The Hall–Kier alpha value is -5.22. The van der Waals surface area contributed by atoms with E-state index in [9.17, 15) is 0 Å². The number of hydrogen-bond acceptors (Lipinski definition) is 3. The van der Waals surface area contributed by atoms with Crippen molar-refractivity contribution in [2.75, 3.05) is 9.80 Å². The molecule has 72 heavy (non-hydrogen) atoms. The lowest BCUT2D eigenvalue weighted by molar-refractivity contribution is 0.332. The Morgan fingerprint density at radius 2 is 0.889 bits per heavy atom. The minimum Gasteiger partial charge on any atom is -0.454 e. The first-order chi connectivity index (χ1) is 33.4. The largest absolute Gasteiger partial charge is 0.454 e. The Morgan fingerprint density at radius 1 is 0.431 bits per heavy atom. The zero-order chi connectivity index (χ0) is 51.4. The molecule has 0 spiro atoms. The maximum absolute atomic E-state index is 7.27. The molecule has 0 unspecified atom stereocenters. The highest BCUT2D eigenvalue weighted by Gasteiger charge is 2.50. The van der Waals surface area contributed by atoms with Crippen molar-refractivity contribution in [1.82, 2.24) is 0 Å². The Labute approximate surface area is 433 Å². The first-order valence-electron chi connectivity index (χ1n) is 27.7. The molecule has 1 aromatic heterocycles. The van der Waals surface area contributed by atoms with Crippen molar-refractivity contribution in [2.24, 2.45) is 0 Å². The van der Waals surface area contributed by atoms with E-state index in [1.54, 1.807) is 0 Å². The van der Waals surface area contributed by atoms with Gasteiger partial charge in [-0.05, 0) is 191 Å². The predicted molar refractivity (Wildman–Crippen MR) is 311 cm³/mol. The average Bonchev–Trinajstić information content (AvgIpc) is 3.69. The van der Waals surface area contributed by atoms with Crippen LogP contribution in [-0.4, -0.2) is 6.71 Å². The van der Waals surface area contributed by atoms with E-state index in [4.69, 9.17) is 4.42 Å². The number of para-hydroxylation sites is 1. The van der Waals surface area contributed by atoms with Crippen LogP contribution < -0.4 is 26.2 Å². The second-order valence-corrected chi connectivity index (χ2v) is 29.4. The molecule has 7 aromatic rings. The van der Waals surface area contributed by atoms with Crippen molar-refractivity contribution < 1.29 is 4.42 Å². The molecule has 0 saturated heterocycles. The van der Waals surface area contributed by atoms with Crippen LogP contribution in [0.5, 0.6) is 0 Å². The number of anilines is 6. The fourth-order valence-corrected chi connectivity index (χ4v) is 14.4. The average molecular weight is 953 g/mol. The van der Waals surface area contributed by atoms with Gasteiger partial charge in [-0.1, -0.05) is 167 Å². The number of benzene rings is 6. The van der Waals surface area contributed by atoms with Gasteiger partial charge < -0.3 is 14.2 Å². The Bertz CT molecular complexity index is 3460. The SMILES string of the molecule is CC(C)(C)c1cc2c3c(c1)N(c1ccc(C(C)(C)C)c4c1oc1ccccc14)c1cc4c(cc1B3c1cc3c(cc1N2c1ccc2c(c1)C(C)(C)CCC2(C)C)C(C)(C)CCC3(C)C)C(C)(C)CCC4(C)C. The molecule has 0 N–H and O–H groups in total. The van der Waals surface area contributed by atoms with Crippen LogP contribution in [0.1, 0.15) is 208 Å². The molecule has 0 bridgehead atoms. The Balaban J connectivity index is 1.27. The fraction of sp³-hybridized carbons (Fsp3) is 0.471. The maximum atomic E-state index is 7.27. The summed E-state index contributed by atoms with van der Waals surface area (Å²) < 4.78 is 7.27. The Kier molecular flexibility index (Phi) is 9.79. The number of nitrogens with zero attached hydrogens (tertiary/aromatic N) is 2. The molecule has 3 aliphatic carbocycles. The first kappa shape index (κ1) is 47.8. The molecule has 5 aliphatic rings. The van der Waals surface area contributed by atoms with Crippen molar-refractivity contribution in [2.45, 2.75) is 206 Å². The lowest BCUT2D eigenvalue weighted by atomic mass is 9.32. The zero-order valence-corrected chi connectivity index (χ0v) is 47.3. The van der Waals surface area contributed by atoms with E-state index in [1.807, 2.05) is 0 Å². The third kappa shape index (κ3) is 6.81. The highest BCUT2D eigenvalue weighted by molar-refractivity contribution is 7.00. The summed E-state index contributed by atoms with van der Waals surface area (Å²) in [5.74, 6) is 0. The van der Waals surface area contributed by atoms with Crippen LogP contribution in [0.4, 0.5) is 34.1 Å². The number of furan rings is 1. The number of hydrogen-bond donors (Lipinski definition) is 0. The molecule has 3 nitrogen and oxygen atoms in total. The minimum atomic E-state index is -0.144. The van der Waals surface area contributed by atoms with E-state index in [2.05, 4.69) is 225 Å². The Morgan fingerprint density at radius 3 is 1.40 bits per heavy atom. The molecule has 372 valence electrons. The highest BCUT2D eigenvalue weighted by Crippen LogP contribution is 2.56. The summed E-state index contributed by atoms with van der Waals surface area (Å²) >= 11 is 0. The lowest BCUT2D eigenvalue weighted by Crippen LogP contribution is -2.62. The molecule has 0 radical (unpaired) electrons. The summed E-state index contributed by atoms with van der Waals surface area (Å²) in [6.07, 6.45) is 7.03. The van der Waals surface area contributed by atoms with E-state index < -0.39 is 0 Å². The third-order valence-electron chi connectivity index (χ3n) is 19.5. The van der Waals surface area contributed by atoms with E-state index in [0.717, 1.165) is 29.7 Å². The molecular formula is C68H81BN2O. The van der Waals surface area contributed by atoms with Crippen LogP contribution in [0.2, 0.25) is 0 Å². The van der Waals surface area contributed by atoms with Gasteiger partial charge in [-0.2, -0.15) is 0 Å². The van der Waals surface area contributed by atoms with Gasteiger partial charge in [0.2, 0.25) is 0 Å². The molecule has 0 saturated carbocycles. The molecule has 0 fully saturated rings. The summed E-state index contributed by atoms with van der Waals surface area (Å²) in [7, 11) is 0. The summed E-state index contributed by atoms with van der Waals surface area (Å²) in [6.45, 7) is 44.1. The van der Waals surface area contributed by atoms with Gasteiger partial charge in [0.05, 0.1) is 5.69 Å². The van der Waals surface area contributed by atoms with Crippen molar-refractivity contribution in [3.05, 3.63) is 136 Å². The molecular weight excluding hydrogens is 872 g/mol. The fourth-order valence-electron chi connectivity index (χ4n) is 14.4. The van der Waals surface area contributed by atoms with Gasteiger partial charge in [0.1, 0.15) is 5.58 Å². The van der Waals surface area contributed by atoms with E-state index in [-0.39, 0.29) is 50.0 Å². The van der Waals surface area contributed by atoms with Crippen molar-refractivity contribution in [1.29, 1.82) is 0 Å². The van der Waals surface area contributed by atoms with Crippen LogP contribution in [0, 0.1) is 0 Å². The normalized spacial score (nSPS) is 20.6. The predicted octanol–water partition coefficient (Wildman–Crippen LogP) is 17.3. The zero-order valence-electron chi connectivity index (χ0n) is 47.3. The summed E-state index contributed by atoms with van der Waals surface area (Å²) in [5, 5.41) is 2.41. The van der Waals surface area contributed by atoms with Crippen molar-refractivity contribution >= 4 is 79.2 Å². The van der Waals surface area contributed by atoms with Gasteiger partial charge in [-0.15, -0.1) is 0 Å². The van der Waals surface area contributed by atoms with Crippen molar-refractivity contribution in [3.63, 3.8) is 0 Å².